The van der Waals surface area contributed by atoms with Crippen LogP contribution in [0.1, 0.15) is 61.7 Å². The van der Waals surface area contributed by atoms with Gasteiger partial charge in [0, 0.05) is 19.4 Å². The summed E-state index contributed by atoms with van der Waals surface area (Å²) in [5, 5.41) is 0. The van der Waals surface area contributed by atoms with Gasteiger partial charge in [0.05, 0.1) is 11.3 Å². The molecule has 1 aromatic carbocycles. The van der Waals surface area contributed by atoms with Gasteiger partial charge >= 0.3 is 5.97 Å². The average Bonchev–Trinajstić information content (AvgIpc) is 2.88. The standard InChI is InChI=1S/C19H22N2O5S/c22-15-6-3-4-7-16(15)26-19(23)13-9-10-14-17(12-13)27(24,25)20-18-8-2-1-5-11-21(14)18/h9-10,12,16H,1-8,11H2/t16-/m0/s1. The lowest BCUT2D eigenvalue weighted by molar-refractivity contribution is -0.129. The summed E-state index contributed by atoms with van der Waals surface area (Å²) >= 11 is 0. The highest BCUT2D eigenvalue weighted by molar-refractivity contribution is 7.90. The van der Waals surface area contributed by atoms with E-state index in [-0.39, 0.29) is 16.2 Å². The summed E-state index contributed by atoms with van der Waals surface area (Å²) in [6, 6.07) is 4.54. The van der Waals surface area contributed by atoms with Crippen LogP contribution in [0.5, 0.6) is 0 Å². The van der Waals surface area contributed by atoms with Gasteiger partial charge in [0.25, 0.3) is 10.0 Å². The van der Waals surface area contributed by atoms with E-state index >= 15 is 0 Å². The number of hydrogen-bond donors (Lipinski definition) is 0. The molecular weight excluding hydrogens is 368 g/mol. The predicted octanol–water partition coefficient (Wildman–Crippen LogP) is 2.84. The van der Waals surface area contributed by atoms with Crippen LogP contribution >= 0.6 is 0 Å². The number of ketones is 1. The Morgan fingerprint density at radius 2 is 1.93 bits per heavy atom. The SMILES string of the molecule is O=C(O[C@H]1CCCCC1=O)c1ccc2c(c1)S(=O)(=O)N=C1CCCCCN12. The second-order valence-electron chi connectivity index (χ2n) is 7.23. The maximum absolute atomic E-state index is 12.6. The molecule has 0 aromatic heterocycles. The fraction of sp³-hybridized carbons (Fsp3) is 0.526. The molecule has 0 amide bonds. The summed E-state index contributed by atoms with van der Waals surface area (Å²) in [5.74, 6) is -0.166. The van der Waals surface area contributed by atoms with Crippen molar-refractivity contribution in [2.75, 3.05) is 11.4 Å². The molecule has 0 unspecified atom stereocenters. The van der Waals surface area contributed by atoms with Gasteiger partial charge in [-0.15, -0.1) is 4.40 Å². The number of esters is 1. The van der Waals surface area contributed by atoms with Gasteiger partial charge in [-0.1, -0.05) is 6.42 Å². The minimum Gasteiger partial charge on any atom is -0.451 e. The molecule has 2 heterocycles. The highest BCUT2D eigenvalue weighted by Gasteiger charge is 2.33. The Bertz CT molecular complexity index is 922. The molecular formula is C19H22N2O5S. The largest absolute Gasteiger partial charge is 0.451 e. The van der Waals surface area contributed by atoms with E-state index < -0.39 is 22.1 Å². The van der Waals surface area contributed by atoms with Crippen molar-refractivity contribution in [1.82, 2.24) is 0 Å². The minimum absolute atomic E-state index is 0.0255. The molecule has 3 aliphatic rings. The Hall–Kier alpha value is -2.22. The van der Waals surface area contributed by atoms with E-state index in [1.54, 1.807) is 12.1 Å². The Morgan fingerprint density at radius 3 is 2.74 bits per heavy atom. The molecule has 2 aliphatic heterocycles. The lowest BCUT2D eigenvalue weighted by Crippen LogP contribution is -2.35. The molecule has 2 fully saturated rings. The van der Waals surface area contributed by atoms with Gasteiger partial charge in [-0.3, -0.25) is 4.79 Å². The Labute approximate surface area is 158 Å². The monoisotopic (exact) mass is 390 g/mol. The van der Waals surface area contributed by atoms with E-state index in [2.05, 4.69) is 4.40 Å². The van der Waals surface area contributed by atoms with Crippen LogP contribution in [0.15, 0.2) is 27.5 Å². The van der Waals surface area contributed by atoms with Crippen molar-refractivity contribution in [3.05, 3.63) is 23.8 Å². The number of fused-ring (bicyclic) bond motifs is 3. The van der Waals surface area contributed by atoms with Gasteiger partial charge in [0.2, 0.25) is 0 Å². The molecule has 1 atom stereocenters. The molecule has 0 spiro atoms. The highest BCUT2D eigenvalue weighted by Crippen LogP contribution is 2.35. The number of Topliss-reactive ketones (excluding diaryl/α,β-unsaturated/α-hetero) is 1. The first-order valence-electron chi connectivity index (χ1n) is 9.45. The molecule has 1 aromatic rings. The highest BCUT2D eigenvalue weighted by atomic mass is 32.2. The third kappa shape index (κ3) is 3.50. The van der Waals surface area contributed by atoms with E-state index in [1.807, 2.05) is 4.90 Å². The van der Waals surface area contributed by atoms with Crippen LogP contribution in [0.3, 0.4) is 0 Å². The molecule has 1 aliphatic carbocycles. The Balaban J connectivity index is 1.64. The van der Waals surface area contributed by atoms with Gasteiger partial charge in [0.15, 0.2) is 11.9 Å². The molecule has 0 bridgehead atoms. The number of benzene rings is 1. The van der Waals surface area contributed by atoms with E-state index in [0.717, 1.165) is 32.1 Å². The lowest BCUT2D eigenvalue weighted by Gasteiger charge is -2.29. The molecule has 0 radical (unpaired) electrons. The number of sulfonamides is 1. The topological polar surface area (TPSA) is 93.1 Å². The fourth-order valence-corrected chi connectivity index (χ4v) is 5.16. The van der Waals surface area contributed by atoms with Gasteiger partial charge in [-0.25, -0.2) is 4.79 Å². The van der Waals surface area contributed by atoms with Gasteiger partial charge in [-0.2, -0.15) is 8.42 Å². The average molecular weight is 390 g/mol. The lowest BCUT2D eigenvalue weighted by atomic mass is 9.96. The van der Waals surface area contributed by atoms with Crippen LogP contribution in [0.2, 0.25) is 0 Å². The first-order valence-corrected chi connectivity index (χ1v) is 10.9. The maximum Gasteiger partial charge on any atom is 0.338 e. The van der Waals surface area contributed by atoms with Crippen LogP contribution < -0.4 is 4.90 Å². The van der Waals surface area contributed by atoms with E-state index in [1.165, 1.54) is 6.07 Å². The van der Waals surface area contributed by atoms with Crippen molar-refractivity contribution in [3.8, 4) is 0 Å². The minimum atomic E-state index is -3.86. The van der Waals surface area contributed by atoms with Crippen molar-refractivity contribution in [2.45, 2.75) is 62.4 Å². The summed E-state index contributed by atoms with van der Waals surface area (Å²) in [4.78, 5) is 26.3. The van der Waals surface area contributed by atoms with Crippen LogP contribution in [-0.2, 0) is 19.6 Å². The van der Waals surface area contributed by atoms with E-state index in [9.17, 15) is 18.0 Å². The summed E-state index contributed by atoms with van der Waals surface area (Å²) in [7, 11) is -3.86. The zero-order chi connectivity index (χ0) is 19.0. The van der Waals surface area contributed by atoms with E-state index in [4.69, 9.17) is 4.74 Å². The smallest absolute Gasteiger partial charge is 0.338 e. The van der Waals surface area contributed by atoms with Crippen LogP contribution in [0.25, 0.3) is 0 Å². The van der Waals surface area contributed by atoms with Crippen molar-refractivity contribution >= 4 is 33.3 Å². The summed E-state index contributed by atoms with van der Waals surface area (Å²) in [6.07, 6.45) is 5.42. The normalized spacial score (nSPS) is 24.3. The number of carbonyl (C=O) groups is 2. The molecule has 144 valence electrons. The summed E-state index contributed by atoms with van der Waals surface area (Å²) < 4.78 is 34.6. The number of amidine groups is 1. The van der Waals surface area contributed by atoms with Crippen LogP contribution in [0, 0.1) is 0 Å². The first-order chi connectivity index (χ1) is 13.0. The molecule has 0 N–H and O–H groups in total. The summed E-state index contributed by atoms with van der Waals surface area (Å²) in [5.41, 5.74) is 0.691. The Kier molecular flexibility index (Phi) is 4.75. The molecule has 1 saturated carbocycles. The molecule has 27 heavy (non-hydrogen) atoms. The zero-order valence-electron chi connectivity index (χ0n) is 15.0. The Morgan fingerprint density at radius 1 is 1.11 bits per heavy atom. The van der Waals surface area contributed by atoms with Gasteiger partial charge < -0.3 is 9.64 Å². The van der Waals surface area contributed by atoms with Crippen molar-refractivity contribution < 1.29 is 22.7 Å². The number of nitrogens with zero attached hydrogens (tertiary/aromatic N) is 2. The molecule has 8 heteroatoms. The van der Waals surface area contributed by atoms with Crippen molar-refractivity contribution in [1.29, 1.82) is 0 Å². The third-order valence-electron chi connectivity index (χ3n) is 5.33. The number of rotatable bonds is 2. The van der Waals surface area contributed by atoms with Crippen molar-refractivity contribution in [2.24, 2.45) is 4.40 Å². The van der Waals surface area contributed by atoms with Crippen molar-refractivity contribution in [3.63, 3.8) is 0 Å². The second kappa shape index (κ2) is 7.07. The molecule has 4 rings (SSSR count). The van der Waals surface area contributed by atoms with Gasteiger partial charge in [0.1, 0.15) is 10.7 Å². The third-order valence-corrected chi connectivity index (χ3v) is 6.67. The summed E-state index contributed by atoms with van der Waals surface area (Å²) in [6.45, 7) is 0.710. The molecule has 1 saturated heterocycles. The molecule has 7 nitrogen and oxygen atoms in total. The number of anilines is 1. The first kappa shape index (κ1) is 18.2. The zero-order valence-corrected chi connectivity index (χ0v) is 15.8. The van der Waals surface area contributed by atoms with Crippen LogP contribution in [-0.4, -0.2) is 38.7 Å². The fourth-order valence-electron chi connectivity index (χ4n) is 3.88. The van der Waals surface area contributed by atoms with Gasteiger partial charge in [-0.05, 0) is 50.3 Å². The van der Waals surface area contributed by atoms with E-state index in [0.29, 0.717) is 37.3 Å². The number of hydrogen-bond acceptors (Lipinski definition) is 6. The number of carbonyl (C=O) groups excluding carboxylic acids is 2. The quantitative estimate of drug-likeness (QED) is 0.721. The maximum atomic E-state index is 12.6. The van der Waals surface area contributed by atoms with Crippen LogP contribution in [0.4, 0.5) is 5.69 Å². The number of ether oxygens (including phenoxy) is 1. The second-order valence-corrected chi connectivity index (χ2v) is 8.81. The predicted molar refractivity (Wildman–Crippen MR) is 99.6 cm³/mol.